The maximum atomic E-state index is 14.4. The predicted octanol–water partition coefficient (Wildman–Crippen LogP) is 5.29. The van der Waals surface area contributed by atoms with Crippen LogP contribution in [0.2, 0.25) is 0 Å². The number of benzene rings is 2. The number of rotatable bonds is 5. The van der Waals surface area contributed by atoms with E-state index in [9.17, 15) is 4.39 Å². The molecular formula is C18H21BrFN. The summed E-state index contributed by atoms with van der Waals surface area (Å²) in [6, 6.07) is 11.2. The highest BCUT2D eigenvalue weighted by Gasteiger charge is 2.21. The second-order valence-corrected chi connectivity index (χ2v) is 6.17. The van der Waals surface area contributed by atoms with Gasteiger partial charge in [0, 0.05) is 10.0 Å². The minimum absolute atomic E-state index is 0.138. The van der Waals surface area contributed by atoms with Crippen LogP contribution in [-0.4, -0.2) is 6.54 Å². The molecular weight excluding hydrogens is 329 g/mol. The highest BCUT2D eigenvalue weighted by Crippen LogP contribution is 2.33. The summed E-state index contributed by atoms with van der Waals surface area (Å²) in [6.45, 7) is 7.15. The zero-order valence-corrected chi connectivity index (χ0v) is 14.3. The van der Waals surface area contributed by atoms with E-state index in [1.807, 2.05) is 12.1 Å². The Labute approximate surface area is 134 Å². The van der Waals surface area contributed by atoms with Crippen molar-refractivity contribution < 1.29 is 4.39 Å². The molecule has 1 N–H and O–H groups in total. The first kappa shape index (κ1) is 16.2. The first-order valence-electron chi connectivity index (χ1n) is 7.29. The number of hydrogen-bond acceptors (Lipinski definition) is 1. The van der Waals surface area contributed by atoms with E-state index in [4.69, 9.17) is 0 Å². The third kappa shape index (κ3) is 3.53. The molecule has 1 unspecified atom stereocenters. The molecule has 0 aliphatic heterocycles. The average Bonchev–Trinajstić information content (AvgIpc) is 2.45. The van der Waals surface area contributed by atoms with Gasteiger partial charge < -0.3 is 5.32 Å². The Morgan fingerprint density at radius 3 is 2.52 bits per heavy atom. The normalized spacial score (nSPS) is 12.4. The van der Waals surface area contributed by atoms with Crippen LogP contribution in [0.5, 0.6) is 0 Å². The predicted molar refractivity (Wildman–Crippen MR) is 90.2 cm³/mol. The van der Waals surface area contributed by atoms with Gasteiger partial charge in [0.25, 0.3) is 0 Å². The van der Waals surface area contributed by atoms with Crippen molar-refractivity contribution in [2.75, 3.05) is 6.54 Å². The molecule has 2 rings (SSSR count). The minimum Gasteiger partial charge on any atom is -0.306 e. The Morgan fingerprint density at radius 2 is 1.86 bits per heavy atom. The van der Waals surface area contributed by atoms with Gasteiger partial charge >= 0.3 is 0 Å². The molecule has 112 valence electrons. The van der Waals surface area contributed by atoms with Crippen molar-refractivity contribution in [1.82, 2.24) is 5.32 Å². The van der Waals surface area contributed by atoms with Crippen molar-refractivity contribution in [1.29, 1.82) is 0 Å². The lowest BCUT2D eigenvalue weighted by molar-refractivity contribution is 0.543. The van der Waals surface area contributed by atoms with Gasteiger partial charge in [0.1, 0.15) is 5.82 Å². The van der Waals surface area contributed by atoms with E-state index in [0.29, 0.717) is 5.56 Å². The van der Waals surface area contributed by atoms with E-state index in [-0.39, 0.29) is 11.9 Å². The third-order valence-corrected chi connectivity index (χ3v) is 4.54. The van der Waals surface area contributed by atoms with Gasteiger partial charge in [-0.2, -0.15) is 0 Å². The van der Waals surface area contributed by atoms with Gasteiger partial charge in [0.15, 0.2) is 0 Å². The fourth-order valence-corrected chi connectivity index (χ4v) is 3.10. The topological polar surface area (TPSA) is 12.0 Å². The minimum atomic E-state index is -0.182. The Kier molecular flexibility index (Phi) is 5.54. The second-order valence-electron chi connectivity index (χ2n) is 5.31. The summed E-state index contributed by atoms with van der Waals surface area (Å²) in [5.41, 5.74) is 4.25. The summed E-state index contributed by atoms with van der Waals surface area (Å²) < 4.78 is 15.2. The molecule has 0 radical (unpaired) electrons. The van der Waals surface area contributed by atoms with Gasteiger partial charge in [-0.05, 0) is 55.6 Å². The van der Waals surface area contributed by atoms with Crippen LogP contribution >= 0.6 is 15.9 Å². The molecule has 2 aromatic rings. The fourth-order valence-electron chi connectivity index (χ4n) is 2.53. The summed E-state index contributed by atoms with van der Waals surface area (Å²) in [6.07, 6.45) is 1.01. The van der Waals surface area contributed by atoms with Crippen LogP contribution in [0.25, 0.3) is 0 Å². The van der Waals surface area contributed by atoms with Crippen molar-refractivity contribution >= 4 is 15.9 Å². The van der Waals surface area contributed by atoms with Crippen LogP contribution in [0.4, 0.5) is 4.39 Å². The second kappa shape index (κ2) is 7.19. The molecule has 1 atom stereocenters. The maximum absolute atomic E-state index is 14.4. The summed E-state index contributed by atoms with van der Waals surface area (Å²) in [7, 11) is 0. The monoisotopic (exact) mass is 349 g/mol. The number of hydrogen-bond donors (Lipinski definition) is 1. The SMILES string of the molecule is CCCNC(c1cccc(C)c1C)c1c(F)cccc1Br. The van der Waals surface area contributed by atoms with Crippen molar-refractivity contribution in [2.45, 2.75) is 33.2 Å². The van der Waals surface area contributed by atoms with E-state index >= 15 is 0 Å². The van der Waals surface area contributed by atoms with Gasteiger partial charge in [-0.15, -0.1) is 0 Å². The molecule has 0 fully saturated rings. The molecule has 0 spiro atoms. The lowest BCUT2D eigenvalue weighted by Gasteiger charge is -2.24. The van der Waals surface area contributed by atoms with Crippen LogP contribution < -0.4 is 5.32 Å². The van der Waals surface area contributed by atoms with E-state index in [0.717, 1.165) is 23.0 Å². The molecule has 0 amide bonds. The smallest absolute Gasteiger partial charge is 0.129 e. The molecule has 0 aliphatic rings. The molecule has 0 heterocycles. The molecule has 0 saturated heterocycles. The Hall–Kier alpha value is -1.19. The molecule has 2 aromatic carbocycles. The van der Waals surface area contributed by atoms with Gasteiger partial charge in [-0.1, -0.05) is 47.1 Å². The van der Waals surface area contributed by atoms with Crippen LogP contribution in [0.3, 0.4) is 0 Å². The zero-order chi connectivity index (χ0) is 15.4. The average molecular weight is 350 g/mol. The van der Waals surface area contributed by atoms with Crippen molar-refractivity contribution in [3.63, 3.8) is 0 Å². The van der Waals surface area contributed by atoms with E-state index in [2.05, 4.69) is 54.2 Å². The molecule has 0 saturated carbocycles. The molecule has 0 aliphatic carbocycles. The van der Waals surface area contributed by atoms with Crippen LogP contribution in [0.15, 0.2) is 40.9 Å². The van der Waals surface area contributed by atoms with Gasteiger partial charge in [0.05, 0.1) is 6.04 Å². The standard InChI is InChI=1S/C18H21BrFN/c1-4-11-21-18(14-8-5-7-12(2)13(14)3)17-15(19)9-6-10-16(17)20/h5-10,18,21H,4,11H2,1-3H3. The largest absolute Gasteiger partial charge is 0.306 e. The maximum Gasteiger partial charge on any atom is 0.129 e. The highest BCUT2D eigenvalue weighted by molar-refractivity contribution is 9.10. The molecule has 0 bridgehead atoms. The summed E-state index contributed by atoms with van der Waals surface area (Å²) in [5.74, 6) is -0.182. The Balaban J connectivity index is 2.55. The summed E-state index contributed by atoms with van der Waals surface area (Å²) >= 11 is 3.50. The van der Waals surface area contributed by atoms with Crippen LogP contribution in [0.1, 0.15) is 41.6 Å². The van der Waals surface area contributed by atoms with Crippen LogP contribution in [0, 0.1) is 19.7 Å². The number of halogens is 2. The lowest BCUT2D eigenvalue weighted by atomic mass is 9.92. The number of aryl methyl sites for hydroxylation is 1. The van der Waals surface area contributed by atoms with Crippen molar-refractivity contribution in [3.05, 3.63) is 68.9 Å². The van der Waals surface area contributed by atoms with Gasteiger partial charge in [-0.3, -0.25) is 0 Å². The molecule has 0 aromatic heterocycles. The van der Waals surface area contributed by atoms with Gasteiger partial charge in [0.2, 0.25) is 0 Å². The quantitative estimate of drug-likeness (QED) is 0.772. The molecule has 21 heavy (non-hydrogen) atoms. The van der Waals surface area contributed by atoms with Crippen molar-refractivity contribution in [2.24, 2.45) is 0 Å². The third-order valence-electron chi connectivity index (χ3n) is 3.84. The summed E-state index contributed by atoms with van der Waals surface area (Å²) in [5, 5.41) is 3.48. The first-order valence-corrected chi connectivity index (χ1v) is 8.09. The highest BCUT2D eigenvalue weighted by atomic mass is 79.9. The molecule has 3 heteroatoms. The molecule has 1 nitrogen and oxygen atoms in total. The van der Waals surface area contributed by atoms with E-state index in [1.54, 1.807) is 6.07 Å². The van der Waals surface area contributed by atoms with Gasteiger partial charge in [-0.25, -0.2) is 4.39 Å². The van der Waals surface area contributed by atoms with E-state index < -0.39 is 0 Å². The van der Waals surface area contributed by atoms with Crippen molar-refractivity contribution in [3.8, 4) is 0 Å². The van der Waals surface area contributed by atoms with Crippen LogP contribution in [-0.2, 0) is 0 Å². The fraction of sp³-hybridized carbons (Fsp3) is 0.333. The number of nitrogens with one attached hydrogen (secondary N) is 1. The zero-order valence-electron chi connectivity index (χ0n) is 12.7. The lowest BCUT2D eigenvalue weighted by Crippen LogP contribution is -2.25. The van der Waals surface area contributed by atoms with E-state index in [1.165, 1.54) is 17.2 Å². The first-order chi connectivity index (χ1) is 10.1. The Bertz CT molecular complexity index is 604. The Morgan fingerprint density at radius 1 is 1.14 bits per heavy atom. The summed E-state index contributed by atoms with van der Waals surface area (Å²) in [4.78, 5) is 0.